The van der Waals surface area contributed by atoms with Crippen LogP contribution in [0.15, 0.2) is 66.0 Å². The maximum absolute atomic E-state index is 12.2. The molecule has 152 valence electrons. The first kappa shape index (κ1) is 21.1. The molecule has 0 aliphatic heterocycles. The van der Waals surface area contributed by atoms with Crippen molar-refractivity contribution in [1.29, 1.82) is 5.26 Å². The Kier molecular flexibility index (Phi) is 7.19. The number of amides is 1. The number of nitrogens with one attached hydrogen (secondary N) is 1. The second-order valence-electron chi connectivity index (χ2n) is 6.46. The van der Waals surface area contributed by atoms with Crippen molar-refractivity contribution in [1.82, 2.24) is 0 Å². The van der Waals surface area contributed by atoms with Crippen LogP contribution in [0.25, 0.3) is 0 Å². The molecule has 3 rings (SSSR count). The summed E-state index contributed by atoms with van der Waals surface area (Å²) >= 11 is 1.23. The van der Waals surface area contributed by atoms with Gasteiger partial charge in [0.25, 0.3) is 5.91 Å². The summed E-state index contributed by atoms with van der Waals surface area (Å²) in [4.78, 5) is 24.4. The Morgan fingerprint density at radius 1 is 1.10 bits per heavy atom. The second kappa shape index (κ2) is 10.2. The largest absolute Gasteiger partial charge is 0.482 e. The zero-order chi connectivity index (χ0) is 21.3. The van der Waals surface area contributed by atoms with Gasteiger partial charge in [-0.3, -0.25) is 4.79 Å². The van der Waals surface area contributed by atoms with E-state index in [-0.39, 0.29) is 6.61 Å². The smallest absolute Gasteiger partial charge is 0.344 e. The number of carbonyl (C=O) groups excluding carboxylic acids is 2. The highest BCUT2D eigenvalue weighted by Gasteiger charge is 2.20. The van der Waals surface area contributed by atoms with E-state index >= 15 is 0 Å². The molecule has 2 aromatic carbocycles. The van der Waals surface area contributed by atoms with E-state index in [4.69, 9.17) is 14.7 Å². The van der Waals surface area contributed by atoms with Crippen LogP contribution in [0.3, 0.4) is 0 Å². The van der Waals surface area contributed by atoms with E-state index < -0.39 is 18.0 Å². The van der Waals surface area contributed by atoms with E-state index in [0.29, 0.717) is 22.7 Å². The van der Waals surface area contributed by atoms with Crippen LogP contribution in [0.2, 0.25) is 0 Å². The summed E-state index contributed by atoms with van der Waals surface area (Å²) in [6.07, 6.45) is -0.346. The van der Waals surface area contributed by atoms with Crippen molar-refractivity contribution >= 4 is 28.2 Å². The zero-order valence-electron chi connectivity index (χ0n) is 16.3. The number of anilines is 1. The maximum atomic E-state index is 12.2. The van der Waals surface area contributed by atoms with Gasteiger partial charge in [0, 0.05) is 6.42 Å². The Morgan fingerprint density at radius 2 is 1.83 bits per heavy atom. The molecule has 0 saturated heterocycles. The normalized spacial score (nSPS) is 11.2. The predicted octanol–water partition coefficient (Wildman–Crippen LogP) is 4.16. The van der Waals surface area contributed by atoms with Gasteiger partial charge >= 0.3 is 5.97 Å². The number of rotatable bonds is 8. The molecule has 0 aliphatic carbocycles. The third kappa shape index (κ3) is 5.69. The lowest BCUT2D eigenvalue weighted by Crippen LogP contribution is -2.31. The van der Waals surface area contributed by atoms with Gasteiger partial charge < -0.3 is 14.8 Å². The summed E-state index contributed by atoms with van der Waals surface area (Å²) in [5.41, 5.74) is 2.45. The molecule has 0 fully saturated rings. The number of para-hydroxylation sites is 1. The molecule has 3 aromatic rings. The standard InChI is InChI=1S/C23H20N2O4S/c1-16(22(27)25-23-19(14-24)11-12-30-23)29-21(26)15-28-20-10-6-5-9-18(20)13-17-7-3-2-4-8-17/h2-12,16H,13,15H2,1H3,(H,25,27). The molecule has 0 saturated carbocycles. The fourth-order valence-corrected chi connectivity index (χ4v) is 3.48. The zero-order valence-corrected chi connectivity index (χ0v) is 17.1. The summed E-state index contributed by atoms with van der Waals surface area (Å²) < 4.78 is 10.8. The van der Waals surface area contributed by atoms with E-state index in [1.807, 2.05) is 54.6 Å². The molecule has 1 aromatic heterocycles. The number of benzene rings is 2. The monoisotopic (exact) mass is 420 g/mol. The summed E-state index contributed by atoms with van der Waals surface area (Å²) in [5, 5.41) is 13.7. The van der Waals surface area contributed by atoms with Gasteiger partial charge in [-0.25, -0.2) is 4.79 Å². The van der Waals surface area contributed by atoms with Gasteiger partial charge in [0.15, 0.2) is 12.7 Å². The Bertz CT molecular complexity index is 1060. The number of ether oxygens (including phenoxy) is 2. The average Bonchev–Trinajstić information content (AvgIpc) is 3.21. The number of nitriles is 1. The minimum absolute atomic E-state index is 0.314. The highest BCUT2D eigenvalue weighted by molar-refractivity contribution is 7.14. The molecule has 6 nitrogen and oxygen atoms in total. The number of esters is 1. The summed E-state index contributed by atoms with van der Waals surface area (Å²) in [6, 6.07) is 21.0. The Balaban J connectivity index is 1.53. The van der Waals surface area contributed by atoms with Crippen molar-refractivity contribution in [3.8, 4) is 11.8 Å². The van der Waals surface area contributed by atoms with Crippen molar-refractivity contribution in [2.24, 2.45) is 0 Å². The van der Waals surface area contributed by atoms with E-state index in [0.717, 1.165) is 11.1 Å². The van der Waals surface area contributed by atoms with E-state index in [9.17, 15) is 9.59 Å². The third-order valence-electron chi connectivity index (χ3n) is 4.26. The Hall–Kier alpha value is -3.63. The summed E-state index contributed by atoms with van der Waals surface area (Å²) in [5.74, 6) is -0.571. The van der Waals surface area contributed by atoms with Crippen LogP contribution >= 0.6 is 11.3 Å². The van der Waals surface area contributed by atoms with Gasteiger partial charge in [-0.1, -0.05) is 48.5 Å². The first-order valence-electron chi connectivity index (χ1n) is 9.29. The van der Waals surface area contributed by atoms with Crippen LogP contribution < -0.4 is 10.1 Å². The fourth-order valence-electron chi connectivity index (χ4n) is 2.74. The molecular weight excluding hydrogens is 400 g/mol. The SMILES string of the molecule is CC(OC(=O)COc1ccccc1Cc1ccccc1)C(=O)Nc1sccc1C#N. The maximum Gasteiger partial charge on any atom is 0.344 e. The topological polar surface area (TPSA) is 88.4 Å². The van der Waals surface area contributed by atoms with Crippen LogP contribution in [0.5, 0.6) is 5.75 Å². The predicted molar refractivity (Wildman–Crippen MR) is 114 cm³/mol. The van der Waals surface area contributed by atoms with E-state index in [2.05, 4.69) is 5.32 Å². The van der Waals surface area contributed by atoms with Crippen molar-refractivity contribution in [2.45, 2.75) is 19.4 Å². The molecule has 0 bridgehead atoms. The lowest BCUT2D eigenvalue weighted by atomic mass is 10.0. The molecular formula is C23H20N2O4S. The van der Waals surface area contributed by atoms with Crippen molar-refractivity contribution in [3.05, 3.63) is 82.7 Å². The molecule has 1 amide bonds. The lowest BCUT2D eigenvalue weighted by molar-refractivity contribution is -0.155. The molecule has 7 heteroatoms. The number of thiophene rings is 1. The number of hydrogen-bond donors (Lipinski definition) is 1. The van der Waals surface area contributed by atoms with Crippen LogP contribution in [-0.4, -0.2) is 24.6 Å². The fraction of sp³-hybridized carbons (Fsp3) is 0.174. The molecule has 0 aliphatic rings. The van der Waals surface area contributed by atoms with Gasteiger partial charge in [0.1, 0.15) is 16.8 Å². The van der Waals surface area contributed by atoms with Crippen molar-refractivity contribution in [3.63, 3.8) is 0 Å². The van der Waals surface area contributed by atoms with Gasteiger partial charge in [-0.05, 0) is 35.6 Å². The van der Waals surface area contributed by atoms with Crippen LogP contribution in [0.4, 0.5) is 5.00 Å². The Morgan fingerprint density at radius 3 is 2.60 bits per heavy atom. The van der Waals surface area contributed by atoms with Gasteiger partial charge in [-0.2, -0.15) is 5.26 Å². The van der Waals surface area contributed by atoms with Crippen LogP contribution in [0.1, 0.15) is 23.6 Å². The van der Waals surface area contributed by atoms with E-state index in [1.165, 1.54) is 18.3 Å². The van der Waals surface area contributed by atoms with Crippen LogP contribution in [-0.2, 0) is 20.7 Å². The molecule has 1 atom stereocenters. The van der Waals surface area contributed by atoms with E-state index in [1.54, 1.807) is 17.5 Å². The van der Waals surface area contributed by atoms with Gasteiger partial charge in [-0.15, -0.1) is 11.3 Å². The first-order chi connectivity index (χ1) is 14.6. The average molecular weight is 420 g/mol. The highest BCUT2D eigenvalue weighted by atomic mass is 32.1. The lowest BCUT2D eigenvalue weighted by Gasteiger charge is -2.14. The summed E-state index contributed by atoms with van der Waals surface area (Å²) in [7, 11) is 0. The minimum Gasteiger partial charge on any atom is -0.482 e. The Labute approximate surface area is 178 Å². The third-order valence-corrected chi connectivity index (χ3v) is 5.09. The summed E-state index contributed by atoms with van der Waals surface area (Å²) in [6.45, 7) is 1.15. The number of carbonyl (C=O) groups is 2. The number of hydrogen-bond acceptors (Lipinski definition) is 6. The highest BCUT2D eigenvalue weighted by Crippen LogP contribution is 2.23. The van der Waals surface area contributed by atoms with Crippen LogP contribution in [0, 0.1) is 11.3 Å². The minimum atomic E-state index is -1.02. The number of nitrogens with zero attached hydrogens (tertiary/aromatic N) is 1. The molecule has 1 unspecified atom stereocenters. The van der Waals surface area contributed by atoms with Crippen molar-refractivity contribution < 1.29 is 19.1 Å². The first-order valence-corrected chi connectivity index (χ1v) is 10.2. The molecule has 30 heavy (non-hydrogen) atoms. The molecule has 0 radical (unpaired) electrons. The second-order valence-corrected chi connectivity index (χ2v) is 7.37. The molecule has 1 heterocycles. The molecule has 1 N–H and O–H groups in total. The van der Waals surface area contributed by atoms with Gasteiger partial charge in [0.2, 0.25) is 0 Å². The van der Waals surface area contributed by atoms with Gasteiger partial charge in [0.05, 0.1) is 5.56 Å². The molecule has 0 spiro atoms. The van der Waals surface area contributed by atoms with Crippen molar-refractivity contribution in [2.75, 3.05) is 11.9 Å². The quantitative estimate of drug-likeness (QED) is 0.553.